The molecular weight excluding hydrogens is 456 g/mol. The summed E-state index contributed by atoms with van der Waals surface area (Å²) in [4.78, 5) is 11.3. The van der Waals surface area contributed by atoms with Gasteiger partial charge in [0, 0.05) is 41.2 Å². The fraction of sp³-hybridized carbons (Fsp3) is 0.333. The van der Waals surface area contributed by atoms with Crippen molar-refractivity contribution in [2.45, 2.75) is 25.9 Å². The maximum atomic E-state index is 6.38. The number of ether oxygens (including phenoxy) is 2. The lowest BCUT2D eigenvalue weighted by Gasteiger charge is -2.31. The highest BCUT2D eigenvalue weighted by atomic mass is 79.9. The molecule has 1 aliphatic rings. The maximum absolute atomic E-state index is 6.38. The molecule has 4 rings (SSSR count). The first-order valence-electron chi connectivity index (χ1n) is 10.4. The van der Waals surface area contributed by atoms with E-state index in [4.69, 9.17) is 9.47 Å². The number of anilines is 2. The van der Waals surface area contributed by atoms with Crippen LogP contribution in [0.1, 0.15) is 18.4 Å². The van der Waals surface area contributed by atoms with Crippen LogP contribution in [0.3, 0.4) is 0 Å². The van der Waals surface area contributed by atoms with Crippen LogP contribution in [0.4, 0.5) is 11.5 Å². The molecule has 0 spiro atoms. The monoisotopic (exact) mass is 482 g/mol. The summed E-state index contributed by atoms with van der Waals surface area (Å²) in [7, 11) is 1.66. The summed E-state index contributed by atoms with van der Waals surface area (Å²) in [5.41, 5.74) is 2.92. The van der Waals surface area contributed by atoms with Gasteiger partial charge in [-0.15, -0.1) is 6.58 Å². The zero-order valence-corrected chi connectivity index (χ0v) is 19.5. The number of halogens is 1. The second-order valence-corrected chi connectivity index (χ2v) is 8.59. The molecule has 0 saturated carbocycles. The smallest absolute Gasteiger partial charge is 0.162 e. The average Bonchev–Trinajstić information content (AvgIpc) is 2.78. The molecule has 0 radical (unpaired) electrons. The fourth-order valence-corrected chi connectivity index (χ4v) is 4.09. The number of piperidine rings is 1. The van der Waals surface area contributed by atoms with Crippen molar-refractivity contribution in [2.75, 3.05) is 32.1 Å². The summed E-state index contributed by atoms with van der Waals surface area (Å²) in [6.45, 7) is 8.83. The van der Waals surface area contributed by atoms with E-state index in [2.05, 4.69) is 55.7 Å². The predicted molar refractivity (Wildman–Crippen MR) is 129 cm³/mol. The van der Waals surface area contributed by atoms with Gasteiger partial charge in [0.05, 0.1) is 12.6 Å². The molecule has 0 atom stereocenters. The van der Waals surface area contributed by atoms with Gasteiger partial charge in [-0.25, -0.2) is 9.97 Å². The molecule has 2 heterocycles. The van der Waals surface area contributed by atoms with Crippen molar-refractivity contribution in [3.8, 4) is 11.5 Å². The molecule has 1 aliphatic heterocycles. The van der Waals surface area contributed by atoms with Crippen molar-refractivity contribution < 1.29 is 9.47 Å². The van der Waals surface area contributed by atoms with Crippen molar-refractivity contribution in [1.82, 2.24) is 14.9 Å². The van der Waals surface area contributed by atoms with Crippen LogP contribution in [0.2, 0.25) is 0 Å². The molecule has 31 heavy (non-hydrogen) atoms. The van der Waals surface area contributed by atoms with Crippen LogP contribution >= 0.6 is 15.9 Å². The Hall–Kier alpha value is -2.64. The molecule has 1 saturated heterocycles. The first-order valence-corrected chi connectivity index (χ1v) is 11.2. The molecule has 0 bridgehead atoms. The molecule has 0 aliphatic carbocycles. The number of methoxy groups -OCH3 is 1. The van der Waals surface area contributed by atoms with Gasteiger partial charge in [-0.2, -0.15) is 0 Å². The van der Waals surface area contributed by atoms with Gasteiger partial charge >= 0.3 is 0 Å². The first kappa shape index (κ1) is 21.6. The third-order valence-electron chi connectivity index (χ3n) is 5.56. The molecule has 1 N–H and O–H groups in total. The van der Waals surface area contributed by atoms with E-state index in [0.29, 0.717) is 5.75 Å². The summed E-state index contributed by atoms with van der Waals surface area (Å²) in [5.74, 6) is 2.15. The molecule has 3 aromatic rings. The minimum Gasteiger partial charge on any atom is -0.493 e. The number of nitrogens with one attached hydrogen (secondary N) is 1. The van der Waals surface area contributed by atoms with Crippen LogP contribution in [-0.2, 0) is 0 Å². The standard InChI is InChI=1S/C24H27BrN4O2/c1-4-9-29-10-7-18(8-11-29)31-23-13-19-21(14-22(23)30-3)26-15-27-24(19)28-17-5-6-20(25)16(2)12-17/h4-6,12-15,18H,1,7-11H2,2-3H3,(H,26,27,28). The predicted octanol–water partition coefficient (Wildman–Crippen LogP) is 5.48. The summed E-state index contributed by atoms with van der Waals surface area (Å²) in [6, 6.07) is 10.0. The van der Waals surface area contributed by atoms with Crippen molar-refractivity contribution in [3.63, 3.8) is 0 Å². The van der Waals surface area contributed by atoms with E-state index in [1.807, 2.05) is 30.3 Å². The van der Waals surface area contributed by atoms with E-state index in [-0.39, 0.29) is 6.10 Å². The number of hydrogen-bond donors (Lipinski definition) is 1. The van der Waals surface area contributed by atoms with Gasteiger partial charge in [-0.3, -0.25) is 4.90 Å². The van der Waals surface area contributed by atoms with Crippen LogP contribution < -0.4 is 14.8 Å². The molecular formula is C24H27BrN4O2. The molecule has 0 amide bonds. The highest BCUT2D eigenvalue weighted by molar-refractivity contribution is 9.10. The van der Waals surface area contributed by atoms with Crippen LogP contribution in [0.25, 0.3) is 10.9 Å². The summed E-state index contributed by atoms with van der Waals surface area (Å²) < 4.78 is 13.1. The van der Waals surface area contributed by atoms with E-state index in [9.17, 15) is 0 Å². The molecule has 162 valence electrons. The zero-order valence-electron chi connectivity index (χ0n) is 17.9. The lowest BCUT2D eigenvalue weighted by atomic mass is 10.1. The zero-order chi connectivity index (χ0) is 21.8. The Morgan fingerprint density at radius 2 is 2.00 bits per heavy atom. The number of rotatable bonds is 7. The average molecular weight is 483 g/mol. The second kappa shape index (κ2) is 9.66. The van der Waals surface area contributed by atoms with Gasteiger partial charge in [0.25, 0.3) is 0 Å². The minimum absolute atomic E-state index is 0.155. The molecule has 0 unspecified atom stereocenters. The van der Waals surface area contributed by atoms with Crippen LogP contribution in [0.5, 0.6) is 11.5 Å². The normalized spacial score (nSPS) is 15.1. The Morgan fingerprint density at radius 1 is 1.19 bits per heavy atom. The third-order valence-corrected chi connectivity index (χ3v) is 6.45. The van der Waals surface area contributed by atoms with Crippen molar-refractivity contribution >= 4 is 38.3 Å². The summed E-state index contributed by atoms with van der Waals surface area (Å²) >= 11 is 3.55. The lowest BCUT2D eigenvalue weighted by molar-refractivity contribution is 0.104. The Morgan fingerprint density at radius 3 is 2.71 bits per heavy atom. The van der Waals surface area contributed by atoms with Crippen LogP contribution in [0, 0.1) is 6.92 Å². The van der Waals surface area contributed by atoms with Crippen LogP contribution in [0.15, 0.2) is 53.8 Å². The van der Waals surface area contributed by atoms with Gasteiger partial charge in [0.15, 0.2) is 11.5 Å². The van der Waals surface area contributed by atoms with Crippen molar-refractivity contribution in [2.24, 2.45) is 0 Å². The van der Waals surface area contributed by atoms with E-state index < -0.39 is 0 Å². The van der Waals surface area contributed by atoms with Gasteiger partial charge in [-0.1, -0.05) is 22.0 Å². The number of hydrogen-bond acceptors (Lipinski definition) is 6. The number of benzene rings is 2. The fourth-order valence-electron chi connectivity index (χ4n) is 3.85. The maximum Gasteiger partial charge on any atom is 0.162 e. The molecule has 2 aromatic carbocycles. The van der Waals surface area contributed by atoms with Gasteiger partial charge < -0.3 is 14.8 Å². The molecule has 7 heteroatoms. The Bertz CT molecular complexity index is 1080. The van der Waals surface area contributed by atoms with E-state index >= 15 is 0 Å². The lowest BCUT2D eigenvalue weighted by Crippen LogP contribution is -2.38. The molecule has 6 nitrogen and oxygen atoms in total. The Labute approximate surface area is 191 Å². The van der Waals surface area contributed by atoms with Gasteiger partial charge in [-0.05, 0) is 49.6 Å². The topological polar surface area (TPSA) is 59.5 Å². The summed E-state index contributed by atoms with van der Waals surface area (Å²) in [6.07, 6.45) is 5.62. The molecule has 1 aromatic heterocycles. The minimum atomic E-state index is 0.155. The SMILES string of the molecule is C=CCN1CCC(Oc2cc3c(Nc4ccc(Br)c(C)c4)ncnc3cc2OC)CC1. The third kappa shape index (κ3) is 4.99. The van der Waals surface area contributed by atoms with E-state index in [1.165, 1.54) is 0 Å². The second-order valence-electron chi connectivity index (χ2n) is 7.74. The van der Waals surface area contributed by atoms with E-state index in [0.717, 1.165) is 70.7 Å². The first-order chi connectivity index (χ1) is 15.1. The Kier molecular flexibility index (Phi) is 6.73. The number of aromatic nitrogens is 2. The number of nitrogens with zero attached hydrogens (tertiary/aromatic N) is 3. The largest absolute Gasteiger partial charge is 0.493 e. The number of fused-ring (bicyclic) bond motifs is 1. The quantitative estimate of drug-likeness (QED) is 0.449. The van der Waals surface area contributed by atoms with Crippen LogP contribution in [-0.4, -0.2) is 47.7 Å². The summed E-state index contributed by atoms with van der Waals surface area (Å²) in [5, 5.41) is 4.31. The van der Waals surface area contributed by atoms with Crippen molar-refractivity contribution in [3.05, 3.63) is 59.4 Å². The van der Waals surface area contributed by atoms with Crippen molar-refractivity contribution in [1.29, 1.82) is 0 Å². The Balaban J connectivity index is 1.61. The van der Waals surface area contributed by atoms with E-state index in [1.54, 1.807) is 13.4 Å². The number of aryl methyl sites for hydroxylation is 1. The number of likely N-dealkylation sites (tertiary alicyclic amines) is 1. The van der Waals surface area contributed by atoms with Gasteiger partial charge in [0.2, 0.25) is 0 Å². The highest BCUT2D eigenvalue weighted by Crippen LogP contribution is 2.36. The highest BCUT2D eigenvalue weighted by Gasteiger charge is 2.22. The molecule has 1 fully saturated rings. The van der Waals surface area contributed by atoms with Gasteiger partial charge in [0.1, 0.15) is 18.2 Å².